The van der Waals surface area contributed by atoms with E-state index in [1.807, 2.05) is 24.9 Å². The summed E-state index contributed by atoms with van der Waals surface area (Å²) in [6.07, 6.45) is 3.12. The lowest BCUT2D eigenvalue weighted by molar-refractivity contribution is -0.122. The molecule has 0 bridgehead atoms. The molecule has 1 saturated heterocycles. The van der Waals surface area contributed by atoms with Gasteiger partial charge in [-0.25, -0.2) is 0 Å². The number of ether oxygens (including phenoxy) is 1. The molecule has 6 heteroatoms. The molecule has 2 N–H and O–H groups in total. The van der Waals surface area contributed by atoms with E-state index in [1.54, 1.807) is 7.11 Å². The number of aryl methyl sites for hydroxylation is 2. The third kappa shape index (κ3) is 3.33. The van der Waals surface area contributed by atoms with Crippen molar-refractivity contribution in [2.75, 3.05) is 20.2 Å². The molecule has 2 rings (SSSR count). The van der Waals surface area contributed by atoms with Gasteiger partial charge in [-0.05, 0) is 18.9 Å². The monoisotopic (exact) mass is 266 g/mol. The van der Waals surface area contributed by atoms with Crippen LogP contribution in [0.5, 0.6) is 0 Å². The number of rotatable bonds is 5. The number of hydrogen-bond donors (Lipinski definition) is 2. The van der Waals surface area contributed by atoms with Gasteiger partial charge in [-0.2, -0.15) is 5.10 Å². The third-order valence-electron chi connectivity index (χ3n) is 3.77. The largest absolute Gasteiger partial charge is 0.378 e. The van der Waals surface area contributed by atoms with Crippen LogP contribution in [-0.2, 0) is 23.0 Å². The number of hydrogen-bond acceptors (Lipinski definition) is 4. The molecular formula is C13H22N4O2. The highest BCUT2D eigenvalue weighted by molar-refractivity contribution is 5.76. The van der Waals surface area contributed by atoms with E-state index in [2.05, 4.69) is 15.7 Å². The van der Waals surface area contributed by atoms with Crippen molar-refractivity contribution in [1.82, 2.24) is 20.4 Å². The predicted octanol–water partition coefficient (Wildman–Crippen LogP) is -0.236. The molecule has 6 nitrogen and oxygen atoms in total. The number of carbonyl (C=O) groups excluding carboxylic acids is 1. The van der Waals surface area contributed by atoms with Gasteiger partial charge in [-0.15, -0.1) is 0 Å². The van der Waals surface area contributed by atoms with Crippen molar-refractivity contribution in [1.29, 1.82) is 0 Å². The van der Waals surface area contributed by atoms with Gasteiger partial charge in [0, 0.05) is 39.4 Å². The van der Waals surface area contributed by atoms with Gasteiger partial charge in [0.2, 0.25) is 5.91 Å². The standard InChI is InChI=1S/C13H22N4O2/c1-9-10(6-15-17(9)2)4-5-13(18)16-11-7-14-8-12(11)19-3/h6,11-12,14H,4-5,7-8H2,1-3H3,(H,16,18)/t11?,12-/m0/s1. The number of amides is 1. The Balaban J connectivity index is 1.80. The minimum Gasteiger partial charge on any atom is -0.378 e. The van der Waals surface area contributed by atoms with Crippen molar-refractivity contribution in [2.45, 2.75) is 31.9 Å². The number of methoxy groups -OCH3 is 1. The quantitative estimate of drug-likeness (QED) is 0.772. The van der Waals surface area contributed by atoms with Crippen LogP contribution in [0.1, 0.15) is 17.7 Å². The van der Waals surface area contributed by atoms with Crippen LogP contribution in [0.4, 0.5) is 0 Å². The minimum absolute atomic E-state index is 0.0685. The number of aromatic nitrogens is 2. The zero-order valence-electron chi connectivity index (χ0n) is 11.8. The Hall–Kier alpha value is -1.40. The summed E-state index contributed by atoms with van der Waals surface area (Å²) in [4.78, 5) is 11.9. The lowest BCUT2D eigenvalue weighted by Gasteiger charge is -2.18. The van der Waals surface area contributed by atoms with Crippen molar-refractivity contribution in [3.8, 4) is 0 Å². The number of carbonyl (C=O) groups is 1. The molecule has 1 aliphatic rings. The van der Waals surface area contributed by atoms with Gasteiger partial charge < -0.3 is 15.4 Å². The molecule has 1 aromatic rings. The Morgan fingerprint density at radius 1 is 1.63 bits per heavy atom. The first kappa shape index (κ1) is 14.0. The molecule has 1 amide bonds. The Morgan fingerprint density at radius 3 is 3.05 bits per heavy atom. The molecule has 19 heavy (non-hydrogen) atoms. The van der Waals surface area contributed by atoms with Crippen LogP contribution >= 0.6 is 0 Å². The van der Waals surface area contributed by atoms with Crippen LogP contribution in [0.25, 0.3) is 0 Å². The number of nitrogens with one attached hydrogen (secondary N) is 2. The smallest absolute Gasteiger partial charge is 0.220 e. The molecule has 0 saturated carbocycles. The summed E-state index contributed by atoms with van der Waals surface area (Å²) in [6.45, 7) is 3.58. The molecule has 0 aromatic carbocycles. The SMILES string of the molecule is CO[C@H]1CNCC1NC(=O)CCc1cnn(C)c1C. The fraction of sp³-hybridized carbons (Fsp3) is 0.692. The van der Waals surface area contributed by atoms with Crippen LogP contribution in [0, 0.1) is 6.92 Å². The van der Waals surface area contributed by atoms with Crippen molar-refractivity contribution in [2.24, 2.45) is 7.05 Å². The van der Waals surface area contributed by atoms with Crippen LogP contribution in [0.3, 0.4) is 0 Å². The van der Waals surface area contributed by atoms with Gasteiger partial charge in [0.15, 0.2) is 0 Å². The highest BCUT2D eigenvalue weighted by Gasteiger charge is 2.27. The second-order valence-electron chi connectivity index (χ2n) is 4.99. The topological polar surface area (TPSA) is 68.2 Å². The van der Waals surface area contributed by atoms with E-state index in [-0.39, 0.29) is 18.1 Å². The Kier molecular flexibility index (Phi) is 4.55. The Bertz CT molecular complexity index is 444. The van der Waals surface area contributed by atoms with Gasteiger partial charge in [-0.3, -0.25) is 9.48 Å². The van der Waals surface area contributed by atoms with Crippen LogP contribution in [0.2, 0.25) is 0 Å². The number of nitrogens with zero attached hydrogens (tertiary/aromatic N) is 2. The van der Waals surface area contributed by atoms with Gasteiger partial charge in [0.1, 0.15) is 0 Å². The summed E-state index contributed by atoms with van der Waals surface area (Å²) in [5.41, 5.74) is 2.25. The van der Waals surface area contributed by atoms with Crippen molar-refractivity contribution < 1.29 is 9.53 Å². The van der Waals surface area contributed by atoms with Crippen LogP contribution < -0.4 is 10.6 Å². The molecule has 2 atom stereocenters. The summed E-state index contributed by atoms with van der Waals surface area (Å²) in [7, 11) is 3.59. The third-order valence-corrected chi connectivity index (χ3v) is 3.77. The van der Waals surface area contributed by atoms with Gasteiger partial charge in [-0.1, -0.05) is 0 Å². The first-order valence-electron chi connectivity index (χ1n) is 6.62. The average molecular weight is 266 g/mol. The fourth-order valence-corrected chi connectivity index (χ4v) is 2.36. The second-order valence-corrected chi connectivity index (χ2v) is 4.99. The molecule has 1 unspecified atom stereocenters. The first-order chi connectivity index (χ1) is 9.11. The van der Waals surface area contributed by atoms with E-state index in [0.717, 1.165) is 30.8 Å². The molecule has 0 radical (unpaired) electrons. The zero-order valence-corrected chi connectivity index (χ0v) is 11.8. The molecule has 2 heterocycles. The second kappa shape index (κ2) is 6.16. The maximum Gasteiger partial charge on any atom is 0.220 e. The minimum atomic E-state index is 0.0685. The highest BCUT2D eigenvalue weighted by Crippen LogP contribution is 2.09. The van der Waals surface area contributed by atoms with Crippen molar-refractivity contribution in [3.05, 3.63) is 17.5 Å². The Morgan fingerprint density at radius 2 is 2.42 bits per heavy atom. The van der Waals surface area contributed by atoms with E-state index >= 15 is 0 Å². The lowest BCUT2D eigenvalue weighted by atomic mass is 10.1. The van der Waals surface area contributed by atoms with Crippen LogP contribution in [-0.4, -0.2) is 48.0 Å². The van der Waals surface area contributed by atoms with E-state index in [9.17, 15) is 4.79 Å². The van der Waals surface area contributed by atoms with E-state index in [1.165, 1.54) is 0 Å². The maximum atomic E-state index is 11.9. The molecule has 1 aromatic heterocycles. The summed E-state index contributed by atoms with van der Waals surface area (Å²) in [5.74, 6) is 0.0685. The summed E-state index contributed by atoms with van der Waals surface area (Å²) in [5, 5.41) is 10.4. The van der Waals surface area contributed by atoms with E-state index in [4.69, 9.17) is 4.74 Å². The van der Waals surface area contributed by atoms with Crippen molar-refractivity contribution in [3.63, 3.8) is 0 Å². The average Bonchev–Trinajstić information content (AvgIpc) is 2.96. The first-order valence-corrected chi connectivity index (χ1v) is 6.62. The van der Waals surface area contributed by atoms with Gasteiger partial charge >= 0.3 is 0 Å². The summed E-state index contributed by atoms with van der Waals surface area (Å²) < 4.78 is 7.15. The molecule has 106 valence electrons. The molecular weight excluding hydrogens is 244 g/mol. The normalized spacial score (nSPS) is 22.7. The van der Waals surface area contributed by atoms with Crippen molar-refractivity contribution >= 4 is 5.91 Å². The molecule has 1 aliphatic heterocycles. The summed E-state index contributed by atoms with van der Waals surface area (Å²) >= 11 is 0. The lowest BCUT2D eigenvalue weighted by Crippen LogP contribution is -2.43. The van der Waals surface area contributed by atoms with Gasteiger partial charge in [0.05, 0.1) is 18.3 Å². The van der Waals surface area contributed by atoms with Gasteiger partial charge in [0.25, 0.3) is 0 Å². The molecule has 1 fully saturated rings. The molecule has 0 aliphatic carbocycles. The Labute approximate surface area is 113 Å². The predicted molar refractivity (Wildman–Crippen MR) is 71.9 cm³/mol. The zero-order chi connectivity index (χ0) is 13.8. The van der Waals surface area contributed by atoms with E-state index in [0.29, 0.717) is 6.42 Å². The fourth-order valence-electron chi connectivity index (χ4n) is 2.36. The molecule has 0 spiro atoms. The highest BCUT2D eigenvalue weighted by atomic mass is 16.5. The maximum absolute atomic E-state index is 11.9. The van der Waals surface area contributed by atoms with Crippen LogP contribution in [0.15, 0.2) is 6.20 Å². The van der Waals surface area contributed by atoms with E-state index < -0.39 is 0 Å². The summed E-state index contributed by atoms with van der Waals surface area (Å²) in [6, 6.07) is 0.0764.